The van der Waals surface area contributed by atoms with Crippen molar-refractivity contribution in [3.05, 3.63) is 23.8 Å². The van der Waals surface area contributed by atoms with E-state index in [2.05, 4.69) is 0 Å². The molecule has 5 nitrogen and oxygen atoms in total. The molecule has 1 aromatic carbocycles. The highest BCUT2D eigenvalue weighted by atomic mass is 16.5. The maximum Gasteiger partial charge on any atom is 0.341 e. The first kappa shape index (κ1) is 14.0. The molecule has 5 heteroatoms. The van der Waals surface area contributed by atoms with Crippen molar-refractivity contribution in [1.82, 2.24) is 0 Å². The summed E-state index contributed by atoms with van der Waals surface area (Å²) < 4.78 is 15.2. The van der Waals surface area contributed by atoms with Crippen molar-refractivity contribution in [3.63, 3.8) is 0 Å². The van der Waals surface area contributed by atoms with Gasteiger partial charge in [0.1, 0.15) is 17.1 Å². The molecule has 18 heavy (non-hydrogen) atoms. The summed E-state index contributed by atoms with van der Waals surface area (Å²) in [6.07, 6.45) is 0. The third kappa shape index (κ3) is 3.76. The molecule has 0 saturated carbocycles. The van der Waals surface area contributed by atoms with E-state index in [1.807, 2.05) is 0 Å². The lowest BCUT2D eigenvalue weighted by molar-refractivity contribution is -0.131. The van der Waals surface area contributed by atoms with Crippen LogP contribution >= 0.6 is 0 Å². The normalized spacial score (nSPS) is 9.72. The maximum absolute atomic E-state index is 11.7. The van der Waals surface area contributed by atoms with Crippen LogP contribution in [0.2, 0.25) is 0 Å². The smallest absolute Gasteiger partial charge is 0.341 e. The van der Waals surface area contributed by atoms with E-state index >= 15 is 0 Å². The largest absolute Gasteiger partial charge is 0.493 e. The number of benzene rings is 1. The van der Waals surface area contributed by atoms with Gasteiger partial charge >= 0.3 is 11.9 Å². The molecule has 0 N–H and O–H groups in total. The first-order valence-electron chi connectivity index (χ1n) is 5.70. The Morgan fingerprint density at radius 2 is 1.89 bits per heavy atom. The molecule has 0 heterocycles. The lowest BCUT2D eigenvalue weighted by atomic mass is 10.2. The van der Waals surface area contributed by atoms with Crippen LogP contribution in [0, 0.1) is 0 Å². The highest BCUT2D eigenvalue weighted by Gasteiger charge is 2.15. The Morgan fingerprint density at radius 1 is 1.17 bits per heavy atom. The summed E-state index contributed by atoms with van der Waals surface area (Å²) in [6.45, 7) is 5.52. The molecule has 0 aliphatic rings. The molecule has 0 radical (unpaired) electrons. The standard InChI is InChI=1S/C13H16O5/c1-4-16-12-8-10(18-9(3)14)6-7-11(12)13(15)17-5-2/h6-8H,4-5H2,1-3H3. The Bertz CT molecular complexity index is 439. The second-order valence-corrected chi connectivity index (χ2v) is 3.41. The summed E-state index contributed by atoms with van der Waals surface area (Å²) in [4.78, 5) is 22.5. The number of esters is 2. The molecule has 0 aliphatic carbocycles. The molecule has 0 aliphatic heterocycles. The van der Waals surface area contributed by atoms with Gasteiger partial charge in [0.25, 0.3) is 0 Å². The average molecular weight is 252 g/mol. The van der Waals surface area contributed by atoms with Crippen molar-refractivity contribution in [2.45, 2.75) is 20.8 Å². The van der Waals surface area contributed by atoms with E-state index in [0.29, 0.717) is 23.7 Å². The van der Waals surface area contributed by atoms with Crippen molar-refractivity contribution < 1.29 is 23.8 Å². The Balaban J connectivity index is 3.03. The Hall–Kier alpha value is -2.04. The summed E-state index contributed by atoms with van der Waals surface area (Å²) in [5, 5.41) is 0. The van der Waals surface area contributed by atoms with E-state index in [1.54, 1.807) is 13.8 Å². The number of rotatable bonds is 5. The van der Waals surface area contributed by atoms with E-state index in [1.165, 1.54) is 25.1 Å². The van der Waals surface area contributed by atoms with Gasteiger partial charge < -0.3 is 14.2 Å². The van der Waals surface area contributed by atoms with Gasteiger partial charge in [0.05, 0.1) is 13.2 Å². The topological polar surface area (TPSA) is 61.8 Å². The van der Waals surface area contributed by atoms with E-state index in [-0.39, 0.29) is 6.61 Å². The zero-order chi connectivity index (χ0) is 13.5. The third-order valence-corrected chi connectivity index (χ3v) is 2.01. The Kier molecular flexibility index (Phi) is 5.17. The van der Waals surface area contributed by atoms with E-state index in [0.717, 1.165) is 0 Å². The number of hydrogen-bond donors (Lipinski definition) is 0. The first-order valence-corrected chi connectivity index (χ1v) is 5.70. The van der Waals surface area contributed by atoms with Crippen LogP contribution in [0.4, 0.5) is 0 Å². The predicted octanol–water partition coefficient (Wildman–Crippen LogP) is 2.19. The molecular weight excluding hydrogens is 236 g/mol. The second-order valence-electron chi connectivity index (χ2n) is 3.41. The van der Waals surface area contributed by atoms with Crippen molar-refractivity contribution in [1.29, 1.82) is 0 Å². The van der Waals surface area contributed by atoms with Crippen LogP contribution in [0.1, 0.15) is 31.1 Å². The van der Waals surface area contributed by atoms with Gasteiger partial charge in [0.2, 0.25) is 0 Å². The van der Waals surface area contributed by atoms with Gasteiger partial charge in [0, 0.05) is 13.0 Å². The number of ether oxygens (including phenoxy) is 3. The van der Waals surface area contributed by atoms with Gasteiger partial charge in [-0.25, -0.2) is 4.79 Å². The minimum absolute atomic E-state index is 0.288. The van der Waals surface area contributed by atoms with E-state index in [4.69, 9.17) is 14.2 Å². The average Bonchev–Trinajstić information content (AvgIpc) is 2.29. The SMILES string of the molecule is CCOC(=O)c1ccc(OC(C)=O)cc1OCC. The quantitative estimate of drug-likeness (QED) is 0.593. The van der Waals surface area contributed by atoms with Crippen LogP contribution in [-0.4, -0.2) is 25.2 Å². The molecule has 1 aromatic rings. The molecule has 0 unspecified atom stereocenters. The van der Waals surface area contributed by atoms with Gasteiger partial charge in [-0.1, -0.05) is 0 Å². The summed E-state index contributed by atoms with van der Waals surface area (Å²) >= 11 is 0. The molecule has 0 spiro atoms. The Labute approximate surface area is 106 Å². The highest BCUT2D eigenvalue weighted by Crippen LogP contribution is 2.26. The predicted molar refractivity (Wildman–Crippen MR) is 64.9 cm³/mol. The minimum Gasteiger partial charge on any atom is -0.493 e. The van der Waals surface area contributed by atoms with Gasteiger partial charge in [0.15, 0.2) is 0 Å². The fourth-order valence-electron chi connectivity index (χ4n) is 1.38. The van der Waals surface area contributed by atoms with Crippen LogP contribution in [-0.2, 0) is 9.53 Å². The Morgan fingerprint density at radius 3 is 2.44 bits per heavy atom. The zero-order valence-corrected chi connectivity index (χ0v) is 10.7. The fourth-order valence-corrected chi connectivity index (χ4v) is 1.38. The summed E-state index contributed by atoms with van der Waals surface area (Å²) in [7, 11) is 0. The van der Waals surface area contributed by atoms with Crippen molar-refractivity contribution >= 4 is 11.9 Å². The van der Waals surface area contributed by atoms with Crippen LogP contribution in [0.5, 0.6) is 11.5 Å². The third-order valence-electron chi connectivity index (χ3n) is 2.01. The van der Waals surface area contributed by atoms with Crippen LogP contribution in [0.15, 0.2) is 18.2 Å². The molecule has 98 valence electrons. The molecule has 1 rings (SSSR count). The summed E-state index contributed by atoms with van der Waals surface area (Å²) in [5.74, 6) is -0.217. The molecular formula is C13H16O5. The van der Waals surface area contributed by atoms with E-state index in [9.17, 15) is 9.59 Å². The fraction of sp³-hybridized carbons (Fsp3) is 0.385. The lowest BCUT2D eigenvalue weighted by Gasteiger charge is -2.11. The molecule has 0 fully saturated rings. The van der Waals surface area contributed by atoms with Crippen LogP contribution < -0.4 is 9.47 Å². The van der Waals surface area contributed by atoms with Crippen LogP contribution in [0.3, 0.4) is 0 Å². The van der Waals surface area contributed by atoms with Crippen LogP contribution in [0.25, 0.3) is 0 Å². The summed E-state index contributed by atoms with van der Waals surface area (Å²) in [6, 6.07) is 4.54. The molecule has 0 atom stereocenters. The molecule has 0 bridgehead atoms. The number of carbonyl (C=O) groups is 2. The zero-order valence-electron chi connectivity index (χ0n) is 10.7. The number of hydrogen-bond acceptors (Lipinski definition) is 5. The second kappa shape index (κ2) is 6.64. The molecule has 0 amide bonds. The van der Waals surface area contributed by atoms with Gasteiger partial charge in [-0.2, -0.15) is 0 Å². The molecule has 0 saturated heterocycles. The monoisotopic (exact) mass is 252 g/mol. The van der Waals surface area contributed by atoms with Crippen molar-refractivity contribution in [2.75, 3.05) is 13.2 Å². The van der Waals surface area contributed by atoms with Crippen molar-refractivity contribution in [2.24, 2.45) is 0 Å². The maximum atomic E-state index is 11.7. The van der Waals surface area contributed by atoms with Gasteiger partial charge in [-0.3, -0.25) is 4.79 Å². The van der Waals surface area contributed by atoms with Gasteiger partial charge in [-0.05, 0) is 26.0 Å². The first-order chi connectivity index (χ1) is 8.58. The van der Waals surface area contributed by atoms with E-state index < -0.39 is 11.9 Å². The summed E-state index contributed by atoms with van der Waals surface area (Å²) in [5.41, 5.74) is 0.314. The lowest BCUT2D eigenvalue weighted by Crippen LogP contribution is -2.09. The molecule has 0 aromatic heterocycles. The number of carbonyl (C=O) groups excluding carboxylic acids is 2. The highest BCUT2D eigenvalue weighted by molar-refractivity contribution is 5.92. The van der Waals surface area contributed by atoms with Crippen molar-refractivity contribution in [3.8, 4) is 11.5 Å². The minimum atomic E-state index is -0.463. The van der Waals surface area contributed by atoms with Gasteiger partial charge in [-0.15, -0.1) is 0 Å².